The van der Waals surface area contributed by atoms with Crippen LogP contribution in [-0.2, 0) is 0 Å². The minimum absolute atomic E-state index is 0.754. The van der Waals surface area contributed by atoms with E-state index in [2.05, 4.69) is 0 Å². The molecule has 1 aromatic rings. The van der Waals surface area contributed by atoms with Gasteiger partial charge >= 0.3 is 0 Å². The van der Waals surface area contributed by atoms with Crippen LogP contribution in [0, 0.1) is 12.8 Å². The standard InChI is InChI=1S/C14H19ClO/c1-11-9-13(15)7-8-14(11)16-10-12-5-3-2-4-6-12/h7-9,12H,2-6,10H2,1H3. The van der Waals surface area contributed by atoms with Crippen LogP contribution in [0.5, 0.6) is 5.75 Å². The van der Waals surface area contributed by atoms with Gasteiger partial charge in [-0.05, 0) is 49.4 Å². The van der Waals surface area contributed by atoms with Crippen LogP contribution in [0.15, 0.2) is 18.2 Å². The van der Waals surface area contributed by atoms with Crippen molar-refractivity contribution in [3.8, 4) is 5.75 Å². The van der Waals surface area contributed by atoms with E-state index in [0.29, 0.717) is 0 Å². The first-order valence-corrected chi connectivity index (χ1v) is 6.52. The van der Waals surface area contributed by atoms with Crippen molar-refractivity contribution in [3.05, 3.63) is 28.8 Å². The zero-order chi connectivity index (χ0) is 11.4. The van der Waals surface area contributed by atoms with Gasteiger partial charge in [-0.2, -0.15) is 0 Å². The van der Waals surface area contributed by atoms with Crippen molar-refractivity contribution in [2.45, 2.75) is 39.0 Å². The predicted molar refractivity (Wildman–Crippen MR) is 68.3 cm³/mol. The van der Waals surface area contributed by atoms with Crippen LogP contribution in [0.25, 0.3) is 0 Å². The van der Waals surface area contributed by atoms with Crippen molar-refractivity contribution < 1.29 is 4.74 Å². The molecule has 1 aliphatic rings. The molecule has 1 nitrogen and oxygen atoms in total. The number of ether oxygens (including phenoxy) is 1. The quantitative estimate of drug-likeness (QED) is 0.748. The molecule has 0 bridgehead atoms. The Morgan fingerprint density at radius 1 is 1.25 bits per heavy atom. The average molecular weight is 239 g/mol. The summed E-state index contributed by atoms with van der Waals surface area (Å²) in [6, 6.07) is 5.82. The lowest BCUT2D eigenvalue weighted by atomic mass is 9.90. The first-order valence-electron chi connectivity index (χ1n) is 6.14. The highest BCUT2D eigenvalue weighted by molar-refractivity contribution is 6.30. The molecule has 0 radical (unpaired) electrons. The summed E-state index contributed by atoms with van der Waals surface area (Å²) in [6.07, 6.45) is 6.79. The van der Waals surface area contributed by atoms with Crippen molar-refractivity contribution in [3.63, 3.8) is 0 Å². The van der Waals surface area contributed by atoms with Crippen molar-refractivity contribution in [2.75, 3.05) is 6.61 Å². The van der Waals surface area contributed by atoms with Gasteiger partial charge in [0.2, 0.25) is 0 Å². The van der Waals surface area contributed by atoms with Gasteiger partial charge < -0.3 is 4.74 Å². The fourth-order valence-electron chi connectivity index (χ4n) is 2.34. The molecule has 2 rings (SSSR count). The first kappa shape index (κ1) is 11.8. The SMILES string of the molecule is Cc1cc(Cl)ccc1OCC1CCCCC1. The fourth-order valence-corrected chi connectivity index (χ4v) is 2.56. The van der Waals surface area contributed by atoms with Crippen LogP contribution in [0.4, 0.5) is 0 Å². The molecule has 0 unspecified atom stereocenters. The molecule has 1 aromatic carbocycles. The molecular formula is C14H19ClO. The third-order valence-electron chi connectivity index (χ3n) is 3.34. The third-order valence-corrected chi connectivity index (χ3v) is 3.57. The maximum atomic E-state index is 5.91. The Bertz CT molecular complexity index is 343. The second-order valence-electron chi connectivity index (χ2n) is 4.72. The monoisotopic (exact) mass is 238 g/mol. The van der Waals surface area contributed by atoms with Crippen molar-refractivity contribution in [1.82, 2.24) is 0 Å². The van der Waals surface area contributed by atoms with E-state index in [1.807, 2.05) is 25.1 Å². The summed E-state index contributed by atoms with van der Waals surface area (Å²) in [7, 11) is 0. The Labute approximate surface area is 103 Å². The number of benzene rings is 1. The molecular weight excluding hydrogens is 220 g/mol. The lowest BCUT2D eigenvalue weighted by Crippen LogP contribution is -2.15. The number of aryl methyl sites for hydroxylation is 1. The Morgan fingerprint density at radius 3 is 2.69 bits per heavy atom. The van der Waals surface area contributed by atoms with Crippen molar-refractivity contribution >= 4 is 11.6 Å². The summed E-state index contributed by atoms with van der Waals surface area (Å²) in [4.78, 5) is 0. The van der Waals surface area contributed by atoms with E-state index in [1.54, 1.807) is 0 Å². The molecule has 2 heteroatoms. The highest BCUT2D eigenvalue weighted by atomic mass is 35.5. The molecule has 0 amide bonds. The van der Waals surface area contributed by atoms with Crippen molar-refractivity contribution in [1.29, 1.82) is 0 Å². The molecule has 0 atom stereocenters. The number of halogens is 1. The number of hydrogen-bond acceptors (Lipinski definition) is 1. The molecule has 0 saturated heterocycles. The zero-order valence-electron chi connectivity index (χ0n) is 9.84. The van der Waals surface area contributed by atoms with E-state index >= 15 is 0 Å². The van der Waals surface area contributed by atoms with E-state index < -0.39 is 0 Å². The Morgan fingerprint density at radius 2 is 2.00 bits per heavy atom. The average Bonchev–Trinajstić information content (AvgIpc) is 2.29. The highest BCUT2D eigenvalue weighted by Crippen LogP contribution is 2.26. The van der Waals surface area contributed by atoms with Gasteiger partial charge in [0.05, 0.1) is 6.61 Å². The van der Waals surface area contributed by atoms with Gasteiger partial charge in [0.1, 0.15) is 5.75 Å². The van der Waals surface area contributed by atoms with Gasteiger partial charge in [-0.15, -0.1) is 0 Å². The largest absolute Gasteiger partial charge is 0.493 e. The lowest BCUT2D eigenvalue weighted by Gasteiger charge is -2.22. The molecule has 1 fully saturated rings. The van der Waals surface area contributed by atoms with Gasteiger partial charge in [0.25, 0.3) is 0 Å². The summed E-state index contributed by atoms with van der Waals surface area (Å²) < 4.78 is 5.87. The minimum atomic E-state index is 0.754. The second-order valence-corrected chi connectivity index (χ2v) is 5.16. The number of rotatable bonds is 3. The Kier molecular flexibility index (Phi) is 4.11. The van der Waals surface area contributed by atoms with Gasteiger partial charge in [-0.1, -0.05) is 30.9 Å². The first-order chi connectivity index (χ1) is 7.75. The zero-order valence-corrected chi connectivity index (χ0v) is 10.6. The summed E-state index contributed by atoms with van der Waals surface area (Å²) >= 11 is 5.91. The summed E-state index contributed by atoms with van der Waals surface area (Å²) in [5.41, 5.74) is 1.13. The normalized spacial score (nSPS) is 17.4. The van der Waals surface area contributed by atoms with Gasteiger partial charge in [0.15, 0.2) is 0 Å². The lowest BCUT2D eigenvalue weighted by molar-refractivity contribution is 0.208. The van der Waals surface area contributed by atoms with E-state index in [9.17, 15) is 0 Å². The maximum Gasteiger partial charge on any atom is 0.122 e. The van der Waals surface area contributed by atoms with Crippen LogP contribution in [-0.4, -0.2) is 6.61 Å². The van der Waals surface area contributed by atoms with Crippen LogP contribution >= 0.6 is 11.6 Å². The summed E-state index contributed by atoms with van der Waals surface area (Å²) in [6.45, 7) is 2.91. The van der Waals surface area contributed by atoms with E-state index in [4.69, 9.17) is 16.3 Å². The van der Waals surface area contributed by atoms with E-state index in [0.717, 1.165) is 28.9 Å². The highest BCUT2D eigenvalue weighted by Gasteiger charge is 2.14. The predicted octanol–water partition coefficient (Wildman–Crippen LogP) is 4.61. The smallest absolute Gasteiger partial charge is 0.122 e. The molecule has 0 aliphatic heterocycles. The van der Waals surface area contributed by atoms with Gasteiger partial charge in [-0.25, -0.2) is 0 Å². The van der Waals surface area contributed by atoms with Crippen LogP contribution < -0.4 is 4.74 Å². The molecule has 88 valence electrons. The summed E-state index contributed by atoms with van der Waals surface area (Å²) in [5, 5.41) is 0.780. The molecule has 0 N–H and O–H groups in total. The van der Waals surface area contributed by atoms with Crippen LogP contribution in [0.1, 0.15) is 37.7 Å². The molecule has 0 heterocycles. The van der Waals surface area contributed by atoms with Crippen molar-refractivity contribution in [2.24, 2.45) is 5.92 Å². The van der Waals surface area contributed by atoms with Gasteiger partial charge in [0, 0.05) is 5.02 Å². The summed E-state index contributed by atoms with van der Waals surface area (Å²) in [5.74, 6) is 1.74. The molecule has 0 spiro atoms. The molecule has 1 saturated carbocycles. The minimum Gasteiger partial charge on any atom is -0.493 e. The van der Waals surface area contributed by atoms with Crippen LogP contribution in [0.2, 0.25) is 5.02 Å². The fraction of sp³-hybridized carbons (Fsp3) is 0.571. The topological polar surface area (TPSA) is 9.23 Å². The number of hydrogen-bond donors (Lipinski definition) is 0. The second kappa shape index (κ2) is 5.58. The maximum absolute atomic E-state index is 5.91. The Balaban J connectivity index is 1.88. The Hall–Kier alpha value is -0.690. The molecule has 0 aromatic heterocycles. The third kappa shape index (κ3) is 3.15. The van der Waals surface area contributed by atoms with Crippen LogP contribution in [0.3, 0.4) is 0 Å². The molecule has 16 heavy (non-hydrogen) atoms. The van der Waals surface area contributed by atoms with E-state index in [1.165, 1.54) is 32.1 Å². The van der Waals surface area contributed by atoms with Gasteiger partial charge in [-0.3, -0.25) is 0 Å². The molecule has 1 aliphatic carbocycles. The van der Waals surface area contributed by atoms with E-state index in [-0.39, 0.29) is 0 Å².